The summed E-state index contributed by atoms with van der Waals surface area (Å²) >= 11 is 5.73. The minimum Gasteiger partial charge on any atom is -0.493 e. The molecule has 2 aliphatic heterocycles. The van der Waals surface area contributed by atoms with E-state index in [4.69, 9.17) is 26.4 Å². The molecule has 0 unspecified atom stereocenters. The third-order valence-electron chi connectivity index (χ3n) is 7.62. The Balaban J connectivity index is 1.22. The Hall–Kier alpha value is -3.26. The van der Waals surface area contributed by atoms with Crippen LogP contribution < -0.4 is 19.5 Å². The molecule has 7 nitrogen and oxygen atoms in total. The van der Waals surface area contributed by atoms with Gasteiger partial charge in [-0.2, -0.15) is 0 Å². The van der Waals surface area contributed by atoms with Gasteiger partial charge in [0, 0.05) is 44.4 Å². The van der Waals surface area contributed by atoms with Crippen LogP contribution in [0.4, 0.5) is 0 Å². The molecule has 204 valence electrons. The van der Waals surface area contributed by atoms with E-state index in [-0.39, 0.29) is 11.3 Å². The number of hydrogen-bond acceptors (Lipinski definition) is 5. The van der Waals surface area contributed by atoms with Crippen molar-refractivity contribution in [3.05, 3.63) is 59.7 Å². The average Bonchev–Trinajstić information content (AvgIpc) is 3.36. The molecule has 0 radical (unpaired) electrons. The summed E-state index contributed by atoms with van der Waals surface area (Å²) in [6.07, 6.45) is 7.51. The third kappa shape index (κ3) is 6.78. The summed E-state index contributed by atoms with van der Waals surface area (Å²) in [6, 6.07) is 13.8. The Kier molecular flexibility index (Phi) is 9.50. The van der Waals surface area contributed by atoms with Crippen molar-refractivity contribution in [3.8, 4) is 17.2 Å². The number of carbonyl (C=O) groups excluding carboxylic acids is 1. The van der Waals surface area contributed by atoms with Crippen molar-refractivity contribution in [1.29, 1.82) is 0 Å². The fourth-order valence-corrected chi connectivity index (χ4v) is 5.61. The minimum absolute atomic E-state index is 0.0633. The first-order valence-electron chi connectivity index (χ1n) is 13.4. The second kappa shape index (κ2) is 13.0. The number of piperidine rings is 1. The Bertz CT molecular complexity index is 1140. The van der Waals surface area contributed by atoms with Gasteiger partial charge in [-0.15, -0.1) is 0 Å². The Morgan fingerprint density at radius 1 is 1.00 bits per heavy atom. The van der Waals surface area contributed by atoms with Crippen molar-refractivity contribution in [3.63, 3.8) is 0 Å². The number of likely N-dealkylation sites (tertiary alicyclic amines) is 2. The second-order valence-corrected chi connectivity index (χ2v) is 10.4. The van der Waals surface area contributed by atoms with Crippen LogP contribution in [0, 0.1) is 5.41 Å². The fraction of sp³-hybridized carbons (Fsp3) is 0.467. The van der Waals surface area contributed by atoms with Gasteiger partial charge in [-0.1, -0.05) is 24.3 Å². The molecule has 2 aliphatic rings. The Labute approximate surface area is 231 Å². The smallest absolute Gasteiger partial charge is 0.246 e. The number of nitrogens with one attached hydrogen (secondary N) is 1. The summed E-state index contributed by atoms with van der Waals surface area (Å²) in [7, 11) is 3.29. The molecule has 1 N–H and O–H groups in total. The van der Waals surface area contributed by atoms with E-state index in [2.05, 4.69) is 16.3 Å². The molecular weight excluding hydrogens is 498 g/mol. The average molecular weight is 538 g/mol. The van der Waals surface area contributed by atoms with Crippen LogP contribution in [0.3, 0.4) is 0 Å². The van der Waals surface area contributed by atoms with Crippen LogP contribution in [-0.2, 0) is 11.2 Å². The number of hydrogen-bond donors (Lipinski definition) is 1. The highest BCUT2D eigenvalue weighted by molar-refractivity contribution is 7.80. The van der Waals surface area contributed by atoms with E-state index in [0.29, 0.717) is 6.61 Å². The van der Waals surface area contributed by atoms with E-state index >= 15 is 0 Å². The maximum absolute atomic E-state index is 12.9. The number of methoxy groups -OCH3 is 2. The molecule has 1 spiro atoms. The fourth-order valence-electron chi connectivity index (χ4n) is 5.35. The number of benzene rings is 2. The number of carbonyl (C=O) groups is 1. The second-order valence-electron chi connectivity index (χ2n) is 9.97. The maximum Gasteiger partial charge on any atom is 0.246 e. The van der Waals surface area contributed by atoms with Crippen LogP contribution in [0.15, 0.2) is 48.5 Å². The summed E-state index contributed by atoms with van der Waals surface area (Å²) in [5, 5.41) is 4.25. The zero-order chi connectivity index (χ0) is 27.0. The van der Waals surface area contributed by atoms with Gasteiger partial charge in [-0.05, 0) is 80.1 Å². The first-order chi connectivity index (χ1) is 18.5. The monoisotopic (exact) mass is 537 g/mol. The van der Waals surface area contributed by atoms with Crippen LogP contribution >= 0.6 is 12.2 Å². The number of para-hydroxylation sites is 1. The van der Waals surface area contributed by atoms with E-state index in [1.54, 1.807) is 20.3 Å². The number of ether oxygens (including phenoxy) is 3. The summed E-state index contributed by atoms with van der Waals surface area (Å²) in [4.78, 5) is 17.1. The lowest BCUT2D eigenvalue weighted by Crippen LogP contribution is -2.45. The van der Waals surface area contributed by atoms with E-state index in [0.717, 1.165) is 86.3 Å². The predicted octanol–water partition coefficient (Wildman–Crippen LogP) is 4.55. The predicted molar refractivity (Wildman–Crippen MR) is 155 cm³/mol. The molecule has 2 aromatic rings. The highest BCUT2D eigenvalue weighted by atomic mass is 32.1. The summed E-state index contributed by atoms with van der Waals surface area (Å²) in [5.41, 5.74) is 2.33. The van der Waals surface area contributed by atoms with E-state index in [1.165, 1.54) is 5.56 Å². The van der Waals surface area contributed by atoms with E-state index in [9.17, 15) is 4.79 Å². The van der Waals surface area contributed by atoms with Gasteiger partial charge >= 0.3 is 0 Å². The molecule has 0 atom stereocenters. The molecule has 0 saturated carbocycles. The van der Waals surface area contributed by atoms with Crippen molar-refractivity contribution < 1.29 is 19.0 Å². The van der Waals surface area contributed by atoms with Crippen LogP contribution in [0.2, 0.25) is 0 Å². The molecule has 2 heterocycles. The molecular formula is C30H39N3O4S. The highest BCUT2D eigenvalue weighted by Gasteiger charge is 2.41. The van der Waals surface area contributed by atoms with E-state index in [1.807, 2.05) is 54.3 Å². The van der Waals surface area contributed by atoms with Gasteiger partial charge in [0.1, 0.15) is 5.75 Å². The summed E-state index contributed by atoms with van der Waals surface area (Å²) < 4.78 is 16.4. The topological polar surface area (TPSA) is 63.3 Å². The molecule has 1 amide bonds. The lowest BCUT2D eigenvalue weighted by atomic mass is 9.78. The van der Waals surface area contributed by atoms with Crippen molar-refractivity contribution >= 4 is 29.3 Å². The molecule has 2 fully saturated rings. The van der Waals surface area contributed by atoms with Gasteiger partial charge in [0.05, 0.1) is 20.8 Å². The maximum atomic E-state index is 12.9. The molecule has 0 bridgehead atoms. The number of amides is 1. The molecule has 38 heavy (non-hydrogen) atoms. The third-order valence-corrected chi connectivity index (χ3v) is 8.03. The van der Waals surface area contributed by atoms with Gasteiger partial charge in [0.15, 0.2) is 16.6 Å². The largest absolute Gasteiger partial charge is 0.493 e. The lowest BCUT2D eigenvalue weighted by Gasteiger charge is -2.39. The van der Waals surface area contributed by atoms with Crippen molar-refractivity contribution in [1.82, 2.24) is 15.1 Å². The van der Waals surface area contributed by atoms with Gasteiger partial charge in [0.25, 0.3) is 0 Å². The lowest BCUT2D eigenvalue weighted by molar-refractivity contribution is -0.128. The standard InChI is InChI=1S/C30H39N3O4S/c1-4-37-25-8-6-5-7-24(25)10-12-28(34)32-18-14-30(15-19-32)16-20-33(22-30)29(38)31-17-13-23-9-11-26(35-2)27(21-23)36-3/h5-12,21H,4,13-20,22H2,1-3H3,(H,31,38)/b12-10+. The van der Waals surface area contributed by atoms with Crippen LogP contribution in [0.25, 0.3) is 6.08 Å². The van der Waals surface area contributed by atoms with Gasteiger partial charge in [0.2, 0.25) is 5.91 Å². The van der Waals surface area contributed by atoms with Crippen molar-refractivity contribution in [2.75, 3.05) is 53.6 Å². The molecule has 2 aromatic carbocycles. The first kappa shape index (κ1) is 27.8. The van der Waals surface area contributed by atoms with Crippen molar-refractivity contribution in [2.45, 2.75) is 32.6 Å². The molecule has 0 aliphatic carbocycles. The first-order valence-corrected chi connectivity index (χ1v) is 13.8. The molecule has 4 rings (SSSR count). The van der Waals surface area contributed by atoms with Gasteiger partial charge < -0.3 is 29.3 Å². The minimum atomic E-state index is 0.0633. The molecule has 8 heteroatoms. The quantitative estimate of drug-likeness (QED) is 0.372. The SMILES string of the molecule is CCOc1ccccc1/C=C/C(=O)N1CCC2(CC1)CCN(C(=S)NCCc1ccc(OC)c(OC)c1)C2. The van der Waals surface area contributed by atoms with Gasteiger partial charge in [-0.25, -0.2) is 0 Å². The molecule has 2 saturated heterocycles. The van der Waals surface area contributed by atoms with E-state index < -0.39 is 0 Å². The summed E-state index contributed by atoms with van der Waals surface area (Å²) in [5.74, 6) is 2.34. The Morgan fingerprint density at radius 3 is 2.42 bits per heavy atom. The highest BCUT2D eigenvalue weighted by Crippen LogP contribution is 2.40. The number of thiocarbonyl (C=S) groups is 1. The van der Waals surface area contributed by atoms with Gasteiger partial charge in [-0.3, -0.25) is 4.79 Å². The van der Waals surface area contributed by atoms with Crippen LogP contribution in [0.5, 0.6) is 17.2 Å². The Morgan fingerprint density at radius 2 is 1.71 bits per heavy atom. The number of rotatable bonds is 9. The number of nitrogens with zero attached hydrogens (tertiary/aromatic N) is 2. The summed E-state index contributed by atoms with van der Waals surface area (Å²) in [6.45, 7) is 6.80. The van der Waals surface area contributed by atoms with Crippen LogP contribution in [-0.4, -0.2) is 74.4 Å². The zero-order valence-electron chi connectivity index (χ0n) is 22.7. The van der Waals surface area contributed by atoms with Crippen molar-refractivity contribution in [2.24, 2.45) is 5.41 Å². The van der Waals surface area contributed by atoms with Crippen LogP contribution in [0.1, 0.15) is 37.3 Å². The normalized spacial score (nSPS) is 16.6. The molecule has 0 aromatic heterocycles. The zero-order valence-corrected chi connectivity index (χ0v) is 23.5.